The molecule has 0 saturated carbocycles. The Morgan fingerprint density at radius 1 is 1.17 bits per heavy atom. The van der Waals surface area contributed by atoms with Gasteiger partial charge in [0.2, 0.25) is 0 Å². The lowest BCUT2D eigenvalue weighted by atomic mass is 10.1. The molecule has 2 aromatic carbocycles. The van der Waals surface area contributed by atoms with Gasteiger partial charge in [-0.3, -0.25) is 0 Å². The molecule has 4 nitrogen and oxygen atoms in total. The highest BCUT2D eigenvalue weighted by Gasteiger charge is 2.30. The van der Waals surface area contributed by atoms with E-state index < -0.39 is 23.8 Å². The molecule has 0 bridgehead atoms. The van der Waals surface area contributed by atoms with Gasteiger partial charge in [0.25, 0.3) is 0 Å². The van der Waals surface area contributed by atoms with E-state index in [-0.39, 0.29) is 5.92 Å². The molecule has 8 heteroatoms. The number of halogens is 3. The zero-order valence-corrected chi connectivity index (χ0v) is 17.8. The van der Waals surface area contributed by atoms with Crippen LogP contribution in [-0.2, 0) is 11.0 Å². The van der Waals surface area contributed by atoms with Crippen molar-refractivity contribution in [2.24, 2.45) is 5.92 Å². The highest BCUT2D eigenvalue weighted by atomic mass is 32.2. The van der Waals surface area contributed by atoms with Crippen molar-refractivity contribution < 1.29 is 32.5 Å². The fraction of sp³-hybridized carbons (Fsp3) is 0.409. The summed E-state index contributed by atoms with van der Waals surface area (Å²) in [5, 5.41) is 8.95. The number of carbonyl (C=O) groups is 1. The summed E-state index contributed by atoms with van der Waals surface area (Å²) in [5.74, 6) is 0.929. The third-order valence-electron chi connectivity index (χ3n) is 4.53. The smallest absolute Gasteiger partial charge is 0.416 e. The van der Waals surface area contributed by atoms with Crippen molar-refractivity contribution in [3.05, 3.63) is 53.6 Å². The van der Waals surface area contributed by atoms with Gasteiger partial charge in [0.05, 0.1) is 12.2 Å². The van der Waals surface area contributed by atoms with Crippen molar-refractivity contribution in [1.82, 2.24) is 0 Å². The van der Waals surface area contributed by atoms with Crippen molar-refractivity contribution in [3.63, 3.8) is 0 Å². The van der Waals surface area contributed by atoms with Gasteiger partial charge in [-0.25, -0.2) is 4.79 Å². The van der Waals surface area contributed by atoms with Crippen LogP contribution in [0.4, 0.5) is 13.2 Å². The molecule has 2 rings (SSSR count). The molecule has 2 atom stereocenters. The topological polar surface area (TPSA) is 55.8 Å². The van der Waals surface area contributed by atoms with Gasteiger partial charge in [0.15, 0.2) is 6.10 Å². The average molecular weight is 442 g/mol. The SMILES string of the molecule is CCC(COc1ccc(C(F)(F)F)cc1)CSc1ccc(OC(C)C(=O)O)c(C)c1. The van der Waals surface area contributed by atoms with E-state index in [2.05, 4.69) is 0 Å². The molecule has 0 aliphatic carbocycles. The zero-order chi connectivity index (χ0) is 22.3. The van der Waals surface area contributed by atoms with Crippen LogP contribution < -0.4 is 9.47 Å². The van der Waals surface area contributed by atoms with E-state index in [1.165, 1.54) is 19.1 Å². The first-order valence-corrected chi connectivity index (χ1v) is 10.5. The molecule has 2 aromatic rings. The standard InChI is InChI=1S/C22H25F3O4S/c1-4-16(12-28-18-7-5-17(6-8-18)22(23,24)25)13-30-19-9-10-20(14(2)11-19)29-15(3)21(26)27/h5-11,15-16H,4,12-13H2,1-3H3,(H,26,27). The van der Waals surface area contributed by atoms with Crippen LogP contribution in [0.3, 0.4) is 0 Å². The summed E-state index contributed by atoms with van der Waals surface area (Å²) in [6.07, 6.45) is -4.41. The molecular weight excluding hydrogens is 417 g/mol. The van der Waals surface area contributed by atoms with Gasteiger partial charge in [-0.05, 0) is 68.3 Å². The maximum Gasteiger partial charge on any atom is 0.416 e. The number of carboxylic acids is 1. The lowest BCUT2D eigenvalue weighted by molar-refractivity contribution is -0.144. The number of hydrogen-bond donors (Lipinski definition) is 1. The van der Waals surface area contributed by atoms with Gasteiger partial charge in [0.1, 0.15) is 11.5 Å². The Bertz CT molecular complexity index is 837. The van der Waals surface area contributed by atoms with Crippen LogP contribution >= 0.6 is 11.8 Å². The Morgan fingerprint density at radius 3 is 2.37 bits per heavy atom. The number of benzene rings is 2. The van der Waals surface area contributed by atoms with Crippen LogP contribution in [0, 0.1) is 12.8 Å². The van der Waals surface area contributed by atoms with Crippen LogP contribution in [0.25, 0.3) is 0 Å². The minimum Gasteiger partial charge on any atom is -0.493 e. The maximum absolute atomic E-state index is 12.6. The van der Waals surface area contributed by atoms with E-state index in [4.69, 9.17) is 14.6 Å². The predicted molar refractivity (Wildman–Crippen MR) is 110 cm³/mol. The Morgan fingerprint density at radius 2 is 1.83 bits per heavy atom. The molecule has 0 aromatic heterocycles. The summed E-state index contributed by atoms with van der Waals surface area (Å²) in [5.41, 5.74) is 0.153. The third-order valence-corrected chi connectivity index (χ3v) is 5.75. The molecule has 0 radical (unpaired) electrons. The molecule has 0 spiro atoms. The van der Waals surface area contributed by atoms with Crippen LogP contribution in [-0.4, -0.2) is 29.5 Å². The van der Waals surface area contributed by atoms with Gasteiger partial charge in [-0.1, -0.05) is 6.92 Å². The van der Waals surface area contributed by atoms with Crippen molar-refractivity contribution in [2.45, 2.75) is 44.4 Å². The molecule has 2 unspecified atom stereocenters. The van der Waals surface area contributed by atoms with Crippen LogP contribution in [0.15, 0.2) is 47.4 Å². The first-order valence-electron chi connectivity index (χ1n) is 9.53. The first-order chi connectivity index (χ1) is 14.1. The normalized spacial score (nSPS) is 13.5. The fourth-order valence-electron chi connectivity index (χ4n) is 2.54. The predicted octanol–water partition coefficient (Wildman–Crippen LogP) is 6.06. The van der Waals surface area contributed by atoms with Gasteiger partial charge in [-0.15, -0.1) is 11.8 Å². The number of aliphatic carboxylic acids is 1. The number of aryl methyl sites for hydroxylation is 1. The lowest BCUT2D eigenvalue weighted by Crippen LogP contribution is -2.23. The van der Waals surface area contributed by atoms with Gasteiger partial charge >= 0.3 is 12.1 Å². The first kappa shape index (κ1) is 23.9. The fourth-order valence-corrected chi connectivity index (χ4v) is 3.72. The second-order valence-corrected chi connectivity index (χ2v) is 8.04. The molecule has 30 heavy (non-hydrogen) atoms. The number of thioether (sulfide) groups is 1. The Balaban J connectivity index is 1.87. The van der Waals surface area contributed by atoms with E-state index in [0.29, 0.717) is 18.1 Å². The maximum atomic E-state index is 12.6. The molecule has 0 amide bonds. The molecule has 164 valence electrons. The van der Waals surface area contributed by atoms with E-state index >= 15 is 0 Å². The Kier molecular flexibility index (Phi) is 8.46. The van der Waals surface area contributed by atoms with Crippen LogP contribution in [0.5, 0.6) is 11.5 Å². The number of ether oxygens (including phenoxy) is 2. The molecule has 1 N–H and O–H groups in total. The summed E-state index contributed by atoms with van der Waals surface area (Å²) in [6, 6.07) is 10.3. The van der Waals surface area contributed by atoms with Crippen molar-refractivity contribution in [1.29, 1.82) is 0 Å². The Hall–Kier alpha value is -2.35. The number of hydrogen-bond acceptors (Lipinski definition) is 4. The van der Waals surface area contributed by atoms with E-state index in [1.807, 2.05) is 26.0 Å². The molecule has 0 aliphatic heterocycles. The minimum atomic E-state index is -4.36. The Labute approximate surface area is 178 Å². The van der Waals surface area contributed by atoms with E-state index in [9.17, 15) is 18.0 Å². The van der Waals surface area contributed by atoms with Crippen LogP contribution in [0.1, 0.15) is 31.4 Å². The number of alkyl halides is 3. The number of rotatable bonds is 10. The van der Waals surface area contributed by atoms with E-state index in [0.717, 1.165) is 34.8 Å². The highest BCUT2D eigenvalue weighted by Crippen LogP contribution is 2.31. The molecule has 0 saturated heterocycles. The van der Waals surface area contributed by atoms with Crippen molar-refractivity contribution in [2.75, 3.05) is 12.4 Å². The molecular formula is C22H25F3O4S. The number of carboxylic acid groups (broad SMARTS) is 1. The second kappa shape index (κ2) is 10.6. The summed E-state index contributed by atoms with van der Waals surface area (Å²) in [4.78, 5) is 11.9. The van der Waals surface area contributed by atoms with Gasteiger partial charge in [-0.2, -0.15) is 13.2 Å². The summed E-state index contributed by atoms with van der Waals surface area (Å²) in [6.45, 7) is 5.79. The zero-order valence-electron chi connectivity index (χ0n) is 17.0. The molecule has 0 heterocycles. The molecule has 0 fully saturated rings. The van der Waals surface area contributed by atoms with E-state index in [1.54, 1.807) is 17.8 Å². The quantitative estimate of drug-likeness (QED) is 0.453. The lowest BCUT2D eigenvalue weighted by Gasteiger charge is -2.17. The minimum absolute atomic E-state index is 0.223. The highest BCUT2D eigenvalue weighted by molar-refractivity contribution is 7.99. The monoisotopic (exact) mass is 442 g/mol. The summed E-state index contributed by atoms with van der Waals surface area (Å²) < 4.78 is 49.0. The average Bonchev–Trinajstić information content (AvgIpc) is 2.69. The van der Waals surface area contributed by atoms with Crippen molar-refractivity contribution in [3.8, 4) is 11.5 Å². The van der Waals surface area contributed by atoms with Crippen LogP contribution in [0.2, 0.25) is 0 Å². The summed E-state index contributed by atoms with van der Waals surface area (Å²) >= 11 is 1.64. The van der Waals surface area contributed by atoms with Gasteiger partial charge in [0, 0.05) is 16.6 Å². The van der Waals surface area contributed by atoms with Gasteiger partial charge < -0.3 is 14.6 Å². The second-order valence-electron chi connectivity index (χ2n) is 6.94. The van der Waals surface area contributed by atoms with Crippen molar-refractivity contribution >= 4 is 17.7 Å². The third kappa shape index (κ3) is 7.16. The molecule has 0 aliphatic rings. The largest absolute Gasteiger partial charge is 0.493 e. The summed E-state index contributed by atoms with van der Waals surface area (Å²) in [7, 11) is 0.